The molecule has 0 fully saturated rings. The van der Waals surface area contributed by atoms with Crippen molar-refractivity contribution in [3.8, 4) is 0 Å². The molecule has 0 aromatic rings. The van der Waals surface area contributed by atoms with Gasteiger partial charge >= 0.3 is 0 Å². The summed E-state index contributed by atoms with van der Waals surface area (Å²) in [6.45, 7) is 5.34. The van der Waals surface area contributed by atoms with E-state index in [1.54, 1.807) is 6.92 Å². The van der Waals surface area contributed by atoms with Crippen molar-refractivity contribution < 1.29 is 4.79 Å². The molecule has 0 unspecified atom stereocenters. The van der Waals surface area contributed by atoms with E-state index in [1.807, 2.05) is 6.08 Å². The van der Waals surface area contributed by atoms with Crippen molar-refractivity contribution in [1.29, 1.82) is 0 Å². The van der Waals surface area contributed by atoms with Crippen molar-refractivity contribution in [1.82, 2.24) is 5.32 Å². The monoisotopic (exact) mass is 257 g/mol. The van der Waals surface area contributed by atoms with Crippen LogP contribution in [0.15, 0.2) is 23.2 Å². The number of Topliss-reactive ketones (excluding diaryl/α,β-unsaturated/α-hetero) is 1. The van der Waals surface area contributed by atoms with Crippen LogP contribution in [0, 0.1) is 0 Å². The molecule has 1 rings (SSSR count). The Bertz CT molecular complexity index is 260. The molecule has 1 aliphatic rings. The van der Waals surface area contributed by atoms with E-state index in [9.17, 15) is 4.79 Å². The molecule has 1 aliphatic heterocycles. The molecule has 1 N–H and O–H groups in total. The van der Waals surface area contributed by atoms with Crippen LogP contribution in [0.3, 0.4) is 0 Å². The summed E-state index contributed by atoms with van der Waals surface area (Å²) in [5.74, 6) is 0.215. The minimum atomic E-state index is 0.159. The Morgan fingerprint density at radius 1 is 1.86 bits per heavy atom. The van der Waals surface area contributed by atoms with Gasteiger partial charge in [-0.05, 0) is 19.8 Å². The van der Waals surface area contributed by atoms with E-state index >= 15 is 0 Å². The second-order valence-electron chi connectivity index (χ2n) is 3.67. The van der Waals surface area contributed by atoms with Crippen LogP contribution in [0.4, 0.5) is 0 Å². The van der Waals surface area contributed by atoms with Gasteiger partial charge in [-0.3, -0.25) is 4.79 Å². The quantitative estimate of drug-likeness (QED) is 0.785. The van der Waals surface area contributed by atoms with Gasteiger partial charge in [0.25, 0.3) is 0 Å². The maximum absolute atomic E-state index is 11.0. The molecule has 3 heteroatoms. The first-order valence-corrected chi connectivity index (χ1v) is 5.64. The molecule has 0 radical (unpaired) electrons. The second-order valence-corrected chi connectivity index (χ2v) is 4.59. The molecule has 0 bridgehead atoms. The summed E-state index contributed by atoms with van der Waals surface area (Å²) in [7, 11) is 0. The predicted molar refractivity (Wildman–Crippen MR) is 62.5 cm³/mol. The van der Waals surface area contributed by atoms with Gasteiger partial charge in [0.1, 0.15) is 5.78 Å². The first kappa shape index (κ1) is 11.7. The Kier molecular flexibility index (Phi) is 4.55. The van der Waals surface area contributed by atoms with Crippen LogP contribution in [0.25, 0.3) is 0 Å². The summed E-state index contributed by atoms with van der Waals surface area (Å²) in [6.07, 6.45) is 6.57. The van der Waals surface area contributed by atoms with Gasteiger partial charge in [-0.1, -0.05) is 28.1 Å². The summed E-state index contributed by atoms with van der Waals surface area (Å²) < 4.78 is 1.10. The molecule has 0 aromatic carbocycles. The third-order valence-corrected chi connectivity index (χ3v) is 3.19. The Hall–Kier alpha value is -0.410. The number of hydrogen-bond donors (Lipinski definition) is 1. The lowest BCUT2D eigenvalue weighted by atomic mass is 10.0. The Morgan fingerprint density at radius 2 is 2.57 bits per heavy atom. The van der Waals surface area contributed by atoms with E-state index in [-0.39, 0.29) is 11.8 Å². The standard InChI is InChI=1S/C11H16BrNO/c1-3-4-9-5-6-10(12)11(13-9)7-8(2)14/h3,6,9,11,13H,1,4-5,7H2,2H3/t9-,11-/m0/s1. The SMILES string of the molecule is C=CC[C@H]1CC=C(Br)[C@H](CC(C)=O)N1. The first-order valence-electron chi connectivity index (χ1n) is 4.85. The molecule has 14 heavy (non-hydrogen) atoms. The van der Waals surface area contributed by atoms with Crippen molar-refractivity contribution in [2.24, 2.45) is 0 Å². The van der Waals surface area contributed by atoms with E-state index < -0.39 is 0 Å². The largest absolute Gasteiger partial charge is 0.306 e. The minimum absolute atomic E-state index is 0.159. The highest BCUT2D eigenvalue weighted by molar-refractivity contribution is 9.11. The highest BCUT2D eigenvalue weighted by Crippen LogP contribution is 2.22. The van der Waals surface area contributed by atoms with Crippen LogP contribution in [-0.2, 0) is 4.79 Å². The van der Waals surface area contributed by atoms with Gasteiger partial charge in [0.15, 0.2) is 0 Å². The molecule has 0 saturated carbocycles. The molecular formula is C11H16BrNO. The topological polar surface area (TPSA) is 29.1 Å². The average Bonchev–Trinajstić information content (AvgIpc) is 2.10. The van der Waals surface area contributed by atoms with Crippen LogP contribution in [-0.4, -0.2) is 17.9 Å². The van der Waals surface area contributed by atoms with Gasteiger partial charge in [0.05, 0.1) is 0 Å². The van der Waals surface area contributed by atoms with Crippen LogP contribution >= 0.6 is 15.9 Å². The molecule has 0 aromatic heterocycles. The second kappa shape index (κ2) is 5.47. The van der Waals surface area contributed by atoms with E-state index in [2.05, 4.69) is 33.9 Å². The van der Waals surface area contributed by atoms with Crippen molar-refractivity contribution in [3.05, 3.63) is 23.2 Å². The van der Waals surface area contributed by atoms with Gasteiger partial charge in [-0.25, -0.2) is 0 Å². The number of rotatable bonds is 4. The van der Waals surface area contributed by atoms with E-state index in [0.717, 1.165) is 17.3 Å². The van der Waals surface area contributed by atoms with Crippen molar-refractivity contribution >= 4 is 21.7 Å². The van der Waals surface area contributed by atoms with Crippen molar-refractivity contribution in [2.45, 2.75) is 38.3 Å². The summed E-state index contributed by atoms with van der Waals surface area (Å²) in [6, 6.07) is 0.587. The Labute approximate surface area is 93.6 Å². The molecule has 78 valence electrons. The normalized spacial score (nSPS) is 26.9. The molecule has 2 atom stereocenters. The Morgan fingerprint density at radius 3 is 3.14 bits per heavy atom. The highest BCUT2D eigenvalue weighted by atomic mass is 79.9. The molecule has 1 heterocycles. The number of carbonyl (C=O) groups excluding carboxylic acids is 1. The van der Waals surface area contributed by atoms with Gasteiger partial charge in [0, 0.05) is 23.0 Å². The predicted octanol–water partition coefficient (Wildman–Crippen LogP) is 2.55. The first-order chi connectivity index (χ1) is 6.63. The molecule has 0 aliphatic carbocycles. The van der Waals surface area contributed by atoms with E-state index in [0.29, 0.717) is 12.5 Å². The van der Waals surface area contributed by atoms with Gasteiger partial charge in [-0.15, -0.1) is 6.58 Å². The number of halogens is 1. The average molecular weight is 258 g/mol. The van der Waals surface area contributed by atoms with E-state index in [4.69, 9.17) is 0 Å². The molecule has 0 saturated heterocycles. The third kappa shape index (κ3) is 3.39. The maximum atomic E-state index is 11.0. The molecule has 2 nitrogen and oxygen atoms in total. The van der Waals surface area contributed by atoms with Gasteiger partial charge < -0.3 is 5.32 Å². The van der Waals surface area contributed by atoms with Gasteiger partial charge in [0.2, 0.25) is 0 Å². The summed E-state index contributed by atoms with van der Waals surface area (Å²) in [4.78, 5) is 11.0. The summed E-state index contributed by atoms with van der Waals surface area (Å²) >= 11 is 3.48. The molecular weight excluding hydrogens is 242 g/mol. The summed E-state index contributed by atoms with van der Waals surface area (Å²) in [5, 5.41) is 3.43. The van der Waals surface area contributed by atoms with Crippen LogP contribution < -0.4 is 5.32 Å². The van der Waals surface area contributed by atoms with Crippen LogP contribution in [0.2, 0.25) is 0 Å². The third-order valence-electron chi connectivity index (χ3n) is 2.31. The highest BCUT2D eigenvalue weighted by Gasteiger charge is 2.21. The van der Waals surface area contributed by atoms with Crippen molar-refractivity contribution in [3.63, 3.8) is 0 Å². The fourth-order valence-electron chi connectivity index (χ4n) is 1.64. The maximum Gasteiger partial charge on any atom is 0.131 e. The lowest BCUT2D eigenvalue weighted by molar-refractivity contribution is -0.117. The number of ketones is 1. The number of nitrogens with one attached hydrogen (secondary N) is 1. The van der Waals surface area contributed by atoms with Gasteiger partial charge in [-0.2, -0.15) is 0 Å². The molecule has 0 amide bonds. The van der Waals surface area contributed by atoms with E-state index in [1.165, 1.54) is 0 Å². The Balaban J connectivity index is 2.56. The minimum Gasteiger partial charge on any atom is -0.306 e. The van der Waals surface area contributed by atoms with Crippen LogP contribution in [0.1, 0.15) is 26.2 Å². The lowest BCUT2D eigenvalue weighted by Gasteiger charge is -2.28. The number of hydrogen-bond acceptors (Lipinski definition) is 2. The molecule has 0 spiro atoms. The smallest absolute Gasteiger partial charge is 0.131 e. The zero-order chi connectivity index (χ0) is 10.6. The zero-order valence-electron chi connectivity index (χ0n) is 8.42. The fourth-order valence-corrected chi connectivity index (χ4v) is 2.12. The fraction of sp³-hybridized carbons (Fsp3) is 0.545. The van der Waals surface area contributed by atoms with Crippen LogP contribution in [0.5, 0.6) is 0 Å². The summed E-state index contributed by atoms with van der Waals surface area (Å²) in [5.41, 5.74) is 0. The van der Waals surface area contributed by atoms with Crippen molar-refractivity contribution in [2.75, 3.05) is 0 Å². The lowest BCUT2D eigenvalue weighted by Crippen LogP contribution is -2.42. The number of carbonyl (C=O) groups is 1. The zero-order valence-corrected chi connectivity index (χ0v) is 10.0.